The number of carbonyl (C=O) groups is 1. The molecule has 0 aromatic heterocycles. The van der Waals surface area contributed by atoms with Crippen LogP contribution in [-0.4, -0.2) is 49.6 Å². The van der Waals surface area contributed by atoms with E-state index in [2.05, 4.69) is 15.4 Å². The van der Waals surface area contributed by atoms with Gasteiger partial charge in [-0.3, -0.25) is 9.80 Å². The van der Waals surface area contributed by atoms with E-state index in [1.165, 1.54) is 0 Å². The highest BCUT2D eigenvalue weighted by atomic mass is 35.6. The van der Waals surface area contributed by atoms with Gasteiger partial charge in [0, 0.05) is 5.56 Å². The number of esters is 1. The predicted molar refractivity (Wildman–Crippen MR) is 111 cm³/mol. The molecule has 27 heavy (non-hydrogen) atoms. The standard InChI is InChI=1S/C15H14Cl6N4O2/c1-2-27-10(26)8-22-25-12(14(16,17)18)23-11(9-6-4-3-5-7-9)24-13(25)15(19,20)21/h3-7,12,22H,2,8H2,1H3. The van der Waals surface area contributed by atoms with Crippen LogP contribution >= 0.6 is 69.6 Å². The van der Waals surface area contributed by atoms with Crippen LogP contribution in [0.4, 0.5) is 0 Å². The summed E-state index contributed by atoms with van der Waals surface area (Å²) in [5.74, 6) is -0.452. The number of rotatable bonds is 5. The molecule has 0 spiro atoms. The quantitative estimate of drug-likeness (QED) is 0.490. The van der Waals surface area contributed by atoms with Crippen LogP contribution in [-0.2, 0) is 9.53 Å². The molecule has 0 radical (unpaired) electrons. The van der Waals surface area contributed by atoms with Gasteiger partial charge >= 0.3 is 5.97 Å². The zero-order valence-electron chi connectivity index (χ0n) is 13.8. The molecule has 2 rings (SSSR count). The molecule has 1 aromatic carbocycles. The molecule has 148 valence electrons. The maximum atomic E-state index is 11.7. The van der Waals surface area contributed by atoms with E-state index in [1.807, 2.05) is 6.07 Å². The fraction of sp³-hybridized carbons (Fsp3) is 0.400. The Morgan fingerprint density at radius 1 is 1.19 bits per heavy atom. The fourth-order valence-corrected chi connectivity index (χ4v) is 2.98. The summed E-state index contributed by atoms with van der Waals surface area (Å²) in [6.45, 7) is 1.60. The average Bonchev–Trinajstić information content (AvgIpc) is 2.58. The average molecular weight is 495 g/mol. The second kappa shape index (κ2) is 9.35. The summed E-state index contributed by atoms with van der Waals surface area (Å²) in [6, 6.07) is 8.92. The number of carbonyl (C=O) groups excluding carboxylic acids is 1. The van der Waals surface area contributed by atoms with Crippen LogP contribution in [0, 0.1) is 0 Å². The number of hydrogen-bond acceptors (Lipinski definition) is 6. The van der Waals surface area contributed by atoms with Crippen LogP contribution in [0.3, 0.4) is 0 Å². The molecule has 1 atom stereocenters. The number of aliphatic imine (C=N–C) groups is 2. The molecule has 12 heteroatoms. The Balaban J connectivity index is 2.45. The van der Waals surface area contributed by atoms with E-state index in [1.54, 1.807) is 31.2 Å². The number of hydrogen-bond donors (Lipinski definition) is 1. The molecule has 1 aromatic rings. The molecular formula is C15H14Cl6N4O2. The van der Waals surface area contributed by atoms with Gasteiger partial charge in [0.2, 0.25) is 7.59 Å². The summed E-state index contributed by atoms with van der Waals surface area (Å²) in [7, 11) is 0. The van der Waals surface area contributed by atoms with Crippen molar-refractivity contribution in [3.05, 3.63) is 35.9 Å². The maximum absolute atomic E-state index is 11.7. The summed E-state index contributed by atoms with van der Waals surface area (Å²) < 4.78 is 0.937. The molecule has 1 aliphatic rings. The van der Waals surface area contributed by atoms with Crippen LogP contribution in [0.15, 0.2) is 40.3 Å². The summed E-state index contributed by atoms with van der Waals surface area (Å²) in [5, 5.41) is 1.14. The number of alkyl halides is 6. The van der Waals surface area contributed by atoms with Crippen molar-refractivity contribution in [2.45, 2.75) is 20.7 Å². The van der Waals surface area contributed by atoms with Gasteiger partial charge in [0.05, 0.1) is 6.61 Å². The van der Waals surface area contributed by atoms with Gasteiger partial charge in [-0.15, -0.1) is 0 Å². The van der Waals surface area contributed by atoms with Crippen LogP contribution in [0.25, 0.3) is 0 Å². The van der Waals surface area contributed by atoms with Crippen molar-refractivity contribution in [2.75, 3.05) is 13.2 Å². The highest BCUT2D eigenvalue weighted by molar-refractivity contribution is 6.77. The molecule has 1 N–H and O–H groups in total. The SMILES string of the molecule is CCOC(=O)CNN1C(C(Cl)(Cl)Cl)=NC(c2ccccc2)=NC1C(Cl)(Cl)Cl. The van der Waals surface area contributed by atoms with Crippen molar-refractivity contribution in [1.29, 1.82) is 0 Å². The van der Waals surface area contributed by atoms with E-state index in [4.69, 9.17) is 74.3 Å². The van der Waals surface area contributed by atoms with Crippen LogP contribution in [0.5, 0.6) is 0 Å². The van der Waals surface area contributed by atoms with Gasteiger partial charge in [-0.1, -0.05) is 99.9 Å². The molecule has 1 unspecified atom stereocenters. The number of ether oxygens (including phenoxy) is 1. The number of nitrogens with zero attached hydrogens (tertiary/aromatic N) is 3. The Morgan fingerprint density at radius 3 is 2.33 bits per heavy atom. The first kappa shape index (κ1) is 22.8. The lowest BCUT2D eigenvalue weighted by atomic mass is 10.2. The molecule has 0 amide bonds. The first-order valence-corrected chi connectivity index (χ1v) is 9.85. The van der Waals surface area contributed by atoms with Crippen molar-refractivity contribution in [2.24, 2.45) is 9.98 Å². The van der Waals surface area contributed by atoms with Crippen LogP contribution < -0.4 is 5.43 Å². The first-order chi connectivity index (χ1) is 12.5. The minimum absolute atomic E-state index is 0.109. The minimum atomic E-state index is -1.99. The number of amidine groups is 2. The van der Waals surface area contributed by atoms with Gasteiger partial charge in [0.25, 0.3) is 0 Å². The van der Waals surface area contributed by atoms with Gasteiger partial charge in [0.15, 0.2) is 17.8 Å². The Bertz CT molecular complexity index is 730. The summed E-state index contributed by atoms with van der Waals surface area (Å²) >= 11 is 36.5. The summed E-state index contributed by atoms with van der Waals surface area (Å²) in [6.07, 6.45) is -1.17. The van der Waals surface area contributed by atoms with Gasteiger partial charge in [-0.2, -0.15) is 0 Å². The van der Waals surface area contributed by atoms with Crippen molar-refractivity contribution in [3.63, 3.8) is 0 Å². The van der Waals surface area contributed by atoms with E-state index >= 15 is 0 Å². The van der Waals surface area contributed by atoms with Crippen molar-refractivity contribution in [1.82, 2.24) is 10.4 Å². The number of hydrazine groups is 1. The lowest BCUT2D eigenvalue weighted by molar-refractivity contribution is -0.142. The second-order valence-corrected chi connectivity index (χ2v) is 9.83. The molecule has 0 saturated carbocycles. The molecule has 1 heterocycles. The highest BCUT2D eigenvalue weighted by Gasteiger charge is 2.47. The maximum Gasteiger partial charge on any atom is 0.321 e. The molecule has 6 nitrogen and oxygen atoms in total. The Morgan fingerprint density at radius 2 is 1.81 bits per heavy atom. The third kappa shape index (κ3) is 6.26. The monoisotopic (exact) mass is 492 g/mol. The Hall–Kier alpha value is -0.470. The smallest absolute Gasteiger partial charge is 0.321 e. The van der Waals surface area contributed by atoms with Crippen molar-refractivity contribution < 1.29 is 9.53 Å². The number of halogens is 6. The van der Waals surface area contributed by atoms with Crippen LogP contribution in [0.2, 0.25) is 0 Å². The third-order valence-corrected chi connectivity index (χ3v) is 4.30. The fourth-order valence-electron chi connectivity index (χ4n) is 2.14. The molecular weight excluding hydrogens is 481 g/mol. The van der Waals surface area contributed by atoms with Gasteiger partial charge < -0.3 is 4.74 Å². The molecule has 1 aliphatic heterocycles. The van der Waals surface area contributed by atoms with E-state index in [0.29, 0.717) is 5.56 Å². The number of nitrogens with one attached hydrogen (secondary N) is 1. The van der Waals surface area contributed by atoms with Crippen LogP contribution in [0.1, 0.15) is 12.5 Å². The second-order valence-electron chi connectivity index (χ2n) is 5.18. The van der Waals surface area contributed by atoms with Gasteiger partial charge in [-0.05, 0) is 6.92 Å². The van der Waals surface area contributed by atoms with E-state index in [9.17, 15) is 4.79 Å². The summed E-state index contributed by atoms with van der Waals surface area (Å²) in [5.41, 5.74) is 3.34. The molecule has 0 bridgehead atoms. The molecule has 0 aliphatic carbocycles. The van der Waals surface area contributed by atoms with Crippen molar-refractivity contribution >= 4 is 87.2 Å². The van der Waals surface area contributed by atoms with Gasteiger partial charge in [-0.25, -0.2) is 15.4 Å². The molecule has 0 fully saturated rings. The first-order valence-electron chi connectivity index (χ1n) is 7.58. The number of benzene rings is 1. The van der Waals surface area contributed by atoms with E-state index in [-0.39, 0.29) is 24.8 Å². The Kier molecular flexibility index (Phi) is 7.90. The van der Waals surface area contributed by atoms with E-state index < -0.39 is 19.7 Å². The molecule has 0 saturated heterocycles. The highest BCUT2D eigenvalue weighted by Crippen LogP contribution is 2.39. The van der Waals surface area contributed by atoms with E-state index in [0.717, 1.165) is 5.01 Å². The lowest BCUT2D eigenvalue weighted by Gasteiger charge is -2.39. The van der Waals surface area contributed by atoms with Crippen molar-refractivity contribution in [3.8, 4) is 0 Å². The zero-order valence-corrected chi connectivity index (χ0v) is 18.3. The normalized spacial score (nSPS) is 18.0. The third-order valence-electron chi connectivity index (χ3n) is 3.21. The topological polar surface area (TPSA) is 66.3 Å². The lowest BCUT2D eigenvalue weighted by Crippen LogP contribution is -2.60. The Labute approximate surface area is 186 Å². The minimum Gasteiger partial charge on any atom is -0.465 e. The zero-order chi connectivity index (χ0) is 20.2. The largest absolute Gasteiger partial charge is 0.465 e. The van der Waals surface area contributed by atoms with Gasteiger partial charge in [0.1, 0.15) is 6.54 Å². The predicted octanol–water partition coefficient (Wildman–Crippen LogP) is 4.28. The summed E-state index contributed by atoms with van der Waals surface area (Å²) in [4.78, 5) is 20.4.